The van der Waals surface area contributed by atoms with Gasteiger partial charge in [0.15, 0.2) is 0 Å². The van der Waals surface area contributed by atoms with Crippen LogP contribution in [0.4, 0.5) is 0 Å². The zero-order chi connectivity index (χ0) is 11.1. The monoisotopic (exact) mass is 235 g/mol. The highest BCUT2D eigenvalue weighted by Gasteiger charge is 2.19. The van der Waals surface area contributed by atoms with Gasteiger partial charge in [0.25, 0.3) is 0 Å². The molecule has 16 heavy (non-hydrogen) atoms. The molecule has 1 aliphatic heterocycles. The van der Waals surface area contributed by atoms with Crippen LogP contribution < -0.4 is 5.32 Å². The maximum atomic E-state index is 6.09. The van der Waals surface area contributed by atoms with Gasteiger partial charge in [0, 0.05) is 5.02 Å². The Labute approximate surface area is 99.2 Å². The quantitative estimate of drug-likeness (QED) is 0.798. The van der Waals surface area contributed by atoms with Crippen LogP contribution in [0.2, 0.25) is 5.02 Å². The number of aryl methyl sites for hydroxylation is 1. The fraction of sp³-hybridized carbons (Fsp3) is 0.417. The summed E-state index contributed by atoms with van der Waals surface area (Å²) in [5.41, 5.74) is 3.12. The summed E-state index contributed by atoms with van der Waals surface area (Å²) in [7, 11) is 0. The van der Waals surface area contributed by atoms with Crippen molar-refractivity contribution in [2.75, 3.05) is 6.54 Å². The molecule has 2 aromatic rings. The molecule has 3 rings (SSSR count). The number of H-pyrrole nitrogens is 1. The second-order valence-electron chi connectivity index (χ2n) is 4.39. The molecule has 1 aliphatic rings. The van der Waals surface area contributed by atoms with Crippen LogP contribution in [0.15, 0.2) is 12.1 Å². The van der Waals surface area contributed by atoms with Crippen molar-refractivity contribution in [1.29, 1.82) is 0 Å². The second-order valence-corrected chi connectivity index (χ2v) is 4.80. The molecule has 1 aromatic carbocycles. The topological polar surface area (TPSA) is 40.7 Å². The smallest absolute Gasteiger partial charge is 0.124 e. The summed E-state index contributed by atoms with van der Waals surface area (Å²) in [5.74, 6) is 1.04. The van der Waals surface area contributed by atoms with E-state index < -0.39 is 0 Å². The minimum atomic E-state index is 0.381. The normalized spacial score (nSPS) is 20.8. The van der Waals surface area contributed by atoms with Crippen molar-refractivity contribution in [2.45, 2.75) is 25.8 Å². The van der Waals surface area contributed by atoms with Crippen LogP contribution in [-0.4, -0.2) is 16.5 Å². The van der Waals surface area contributed by atoms with Gasteiger partial charge >= 0.3 is 0 Å². The van der Waals surface area contributed by atoms with Crippen molar-refractivity contribution in [2.24, 2.45) is 0 Å². The lowest BCUT2D eigenvalue weighted by atomic mass is 10.2. The lowest BCUT2D eigenvalue weighted by Crippen LogP contribution is -2.13. The van der Waals surface area contributed by atoms with Crippen LogP contribution in [0, 0.1) is 6.92 Å². The average Bonchev–Trinajstić information content (AvgIpc) is 2.86. The molecule has 0 amide bonds. The average molecular weight is 236 g/mol. The third-order valence-electron chi connectivity index (χ3n) is 3.17. The predicted octanol–water partition coefficient (Wildman–Crippen LogP) is 2.95. The first kappa shape index (κ1) is 10.1. The summed E-state index contributed by atoms with van der Waals surface area (Å²) in [4.78, 5) is 7.97. The van der Waals surface area contributed by atoms with E-state index in [1.165, 1.54) is 6.42 Å². The van der Waals surface area contributed by atoms with Gasteiger partial charge in [-0.2, -0.15) is 0 Å². The summed E-state index contributed by atoms with van der Waals surface area (Å²) < 4.78 is 0. The number of imidazole rings is 1. The summed E-state index contributed by atoms with van der Waals surface area (Å²) in [5, 5.41) is 4.22. The van der Waals surface area contributed by atoms with E-state index in [9.17, 15) is 0 Å². The number of nitrogens with zero attached hydrogens (tertiary/aromatic N) is 1. The molecular weight excluding hydrogens is 222 g/mol. The Balaban J connectivity index is 2.08. The van der Waals surface area contributed by atoms with Crippen LogP contribution >= 0.6 is 11.6 Å². The standard InChI is InChI=1S/C12H14ClN3/c1-7-5-10-11(6-8(7)13)16-12(15-10)9-3-2-4-14-9/h5-6,9,14H,2-4H2,1H3,(H,15,16). The molecule has 0 radical (unpaired) electrons. The second kappa shape index (κ2) is 3.75. The molecule has 84 valence electrons. The number of rotatable bonds is 1. The Morgan fingerprint density at radius 2 is 2.31 bits per heavy atom. The number of aromatic amines is 1. The third kappa shape index (κ3) is 1.60. The minimum Gasteiger partial charge on any atom is -0.341 e. The fourth-order valence-electron chi connectivity index (χ4n) is 2.24. The summed E-state index contributed by atoms with van der Waals surface area (Å²) >= 11 is 6.09. The lowest BCUT2D eigenvalue weighted by Gasteiger charge is -2.04. The summed E-state index contributed by atoms with van der Waals surface area (Å²) in [6.07, 6.45) is 2.38. The largest absolute Gasteiger partial charge is 0.341 e. The Morgan fingerprint density at radius 1 is 1.44 bits per heavy atom. The first-order chi connectivity index (χ1) is 7.74. The molecule has 1 aromatic heterocycles. The van der Waals surface area contributed by atoms with Crippen molar-refractivity contribution in [3.63, 3.8) is 0 Å². The van der Waals surface area contributed by atoms with Crippen molar-refractivity contribution >= 4 is 22.6 Å². The van der Waals surface area contributed by atoms with Gasteiger partial charge in [-0.15, -0.1) is 0 Å². The number of benzene rings is 1. The molecule has 4 heteroatoms. The highest BCUT2D eigenvalue weighted by atomic mass is 35.5. The highest BCUT2D eigenvalue weighted by Crippen LogP contribution is 2.26. The third-order valence-corrected chi connectivity index (χ3v) is 3.58. The van der Waals surface area contributed by atoms with Gasteiger partial charge in [-0.25, -0.2) is 4.98 Å². The fourth-order valence-corrected chi connectivity index (χ4v) is 2.40. The maximum Gasteiger partial charge on any atom is 0.124 e. The van der Waals surface area contributed by atoms with E-state index >= 15 is 0 Å². The number of hydrogen-bond donors (Lipinski definition) is 2. The molecule has 1 saturated heterocycles. The van der Waals surface area contributed by atoms with Crippen LogP contribution in [0.1, 0.15) is 30.3 Å². The molecule has 1 atom stereocenters. The van der Waals surface area contributed by atoms with Gasteiger partial charge in [0.1, 0.15) is 5.82 Å². The van der Waals surface area contributed by atoms with Crippen molar-refractivity contribution in [3.8, 4) is 0 Å². The van der Waals surface area contributed by atoms with Gasteiger partial charge in [0.05, 0.1) is 17.1 Å². The first-order valence-corrected chi connectivity index (χ1v) is 6.01. The Morgan fingerprint density at radius 3 is 3.06 bits per heavy atom. The zero-order valence-corrected chi connectivity index (χ0v) is 9.93. The molecule has 1 unspecified atom stereocenters. The minimum absolute atomic E-state index is 0.381. The number of aromatic nitrogens is 2. The van der Waals surface area contributed by atoms with Crippen LogP contribution in [0.3, 0.4) is 0 Å². The van der Waals surface area contributed by atoms with E-state index in [1.807, 2.05) is 13.0 Å². The molecular formula is C12H14ClN3. The van der Waals surface area contributed by atoms with E-state index in [-0.39, 0.29) is 0 Å². The van der Waals surface area contributed by atoms with E-state index in [4.69, 9.17) is 11.6 Å². The number of fused-ring (bicyclic) bond motifs is 1. The SMILES string of the molecule is Cc1cc2[nH]c(C3CCCN3)nc2cc1Cl. The van der Waals surface area contributed by atoms with E-state index in [1.54, 1.807) is 0 Å². The predicted molar refractivity (Wildman–Crippen MR) is 65.8 cm³/mol. The number of nitrogens with one attached hydrogen (secondary N) is 2. The lowest BCUT2D eigenvalue weighted by molar-refractivity contribution is 0.614. The Hall–Kier alpha value is -1.06. The number of hydrogen-bond acceptors (Lipinski definition) is 2. The highest BCUT2D eigenvalue weighted by molar-refractivity contribution is 6.32. The van der Waals surface area contributed by atoms with Crippen molar-refractivity contribution in [3.05, 3.63) is 28.5 Å². The molecule has 1 fully saturated rings. The van der Waals surface area contributed by atoms with Crippen LogP contribution in [0.5, 0.6) is 0 Å². The molecule has 2 heterocycles. The first-order valence-electron chi connectivity index (χ1n) is 5.63. The van der Waals surface area contributed by atoms with E-state index in [0.29, 0.717) is 6.04 Å². The Bertz CT molecular complexity index is 487. The summed E-state index contributed by atoms with van der Waals surface area (Å²) in [6, 6.07) is 4.37. The zero-order valence-electron chi connectivity index (χ0n) is 9.18. The molecule has 0 spiro atoms. The van der Waals surface area contributed by atoms with Gasteiger partial charge < -0.3 is 10.3 Å². The van der Waals surface area contributed by atoms with E-state index in [2.05, 4.69) is 21.4 Å². The van der Waals surface area contributed by atoms with Crippen molar-refractivity contribution < 1.29 is 0 Å². The van der Waals surface area contributed by atoms with Gasteiger partial charge in [-0.3, -0.25) is 0 Å². The maximum absolute atomic E-state index is 6.09. The van der Waals surface area contributed by atoms with Crippen molar-refractivity contribution in [1.82, 2.24) is 15.3 Å². The van der Waals surface area contributed by atoms with Crippen LogP contribution in [-0.2, 0) is 0 Å². The van der Waals surface area contributed by atoms with Gasteiger partial charge in [-0.1, -0.05) is 11.6 Å². The molecule has 0 aliphatic carbocycles. The summed E-state index contributed by atoms with van der Waals surface area (Å²) in [6.45, 7) is 3.09. The van der Waals surface area contributed by atoms with Gasteiger partial charge in [-0.05, 0) is 44.0 Å². The number of halogens is 1. The molecule has 0 saturated carbocycles. The van der Waals surface area contributed by atoms with Gasteiger partial charge in [0.2, 0.25) is 0 Å². The van der Waals surface area contributed by atoms with Crippen LogP contribution in [0.25, 0.3) is 11.0 Å². The molecule has 0 bridgehead atoms. The molecule has 2 N–H and O–H groups in total. The van der Waals surface area contributed by atoms with E-state index in [0.717, 1.165) is 40.4 Å². The molecule has 3 nitrogen and oxygen atoms in total. The Kier molecular flexibility index (Phi) is 2.37.